The van der Waals surface area contributed by atoms with Gasteiger partial charge in [-0.1, -0.05) is 43.3 Å². The summed E-state index contributed by atoms with van der Waals surface area (Å²) in [7, 11) is 1.78. The van der Waals surface area contributed by atoms with Crippen molar-refractivity contribution in [2.24, 2.45) is 0 Å². The predicted octanol–water partition coefficient (Wildman–Crippen LogP) is 3.92. The Kier molecular flexibility index (Phi) is 11.4. The number of nitrogens with zero attached hydrogens (tertiary/aromatic N) is 4. The van der Waals surface area contributed by atoms with Gasteiger partial charge in [0.25, 0.3) is 5.91 Å². The van der Waals surface area contributed by atoms with Gasteiger partial charge in [-0.15, -0.1) is 24.8 Å². The molecule has 3 aromatic rings. The molecule has 0 saturated heterocycles. The molecular formula is C27H38Cl2N6O3. The van der Waals surface area contributed by atoms with Gasteiger partial charge >= 0.3 is 0 Å². The van der Waals surface area contributed by atoms with Crippen LogP contribution >= 0.6 is 24.8 Å². The van der Waals surface area contributed by atoms with Gasteiger partial charge in [0.2, 0.25) is 5.91 Å². The fraction of sp³-hybridized carbons (Fsp3) is 0.444. The van der Waals surface area contributed by atoms with Crippen LogP contribution in [0.2, 0.25) is 0 Å². The van der Waals surface area contributed by atoms with Crippen molar-refractivity contribution in [2.45, 2.75) is 46.8 Å². The van der Waals surface area contributed by atoms with E-state index in [4.69, 9.17) is 4.52 Å². The molecule has 1 aliphatic heterocycles. The number of carbonyl (C=O) groups excluding carboxylic acids is 2. The maximum Gasteiger partial charge on any atom is 0.256 e. The average molecular weight is 566 g/mol. The summed E-state index contributed by atoms with van der Waals surface area (Å²) in [4.78, 5) is 28.1. The van der Waals surface area contributed by atoms with Crippen LogP contribution < -0.4 is 10.6 Å². The van der Waals surface area contributed by atoms with Crippen molar-refractivity contribution in [1.29, 1.82) is 0 Å². The third-order valence-corrected chi connectivity index (χ3v) is 6.65. The molecule has 2 heterocycles. The van der Waals surface area contributed by atoms with Crippen LogP contribution in [0.1, 0.15) is 36.2 Å². The van der Waals surface area contributed by atoms with Crippen molar-refractivity contribution in [3.05, 3.63) is 58.8 Å². The van der Waals surface area contributed by atoms with Gasteiger partial charge in [-0.05, 0) is 36.6 Å². The molecule has 4 rings (SSSR count). The van der Waals surface area contributed by atoms with Gasteiger partial charge < -0.3 is 20.1 Å². The van der Waals surface area contributed by atoms with Crippen molar-refractivity contribution < 1.29 is 14.1 Å². The zero-order chi connectivity index (χ0) is 25.8. The van der Waals surface area contributed by atoms with E-state index in [0.29, 0.717) is 37.8 Å². The molecule has 2 amide bonds. The Bertz CT molecular complexity index is 1220. The molecule has 2 aromatic carbocycles. The summed E-state index contributed by atoms with van der Waals surface area (Å²) in [5.41, 5.74) is 5.77. The lowest BCUT2D eigenvalue weighted by atomic mass is 10.1. The summed E-state index contributed by atoms with van der Waals surface area (Å²) in [6.07, 6.45) is 0. The highest BCUT2D eigenvalue weighted by Crippen LogP contribution is 2.26. The van der Waals surface area contributed by atoms with Crippen molar-refractivity contribution in [3.8, 4) is 0 Å². The van der Waals surface area contributed by atoms with Crippen LogP contribution in [0.25, 0.3) is 11.0 Å². The Labute approximate surface area is 236 Å². The summed E-state index contributed by atoms with van der Waals surface area (Å²) in [6, 6.07) is 12.4. The Morgan fingerprint density at radius 3 is 2.37 bits per heavy atom. The monoisotopic (exact) mass is 564 g/mol. The van der Waals surface area contributed by atoms with E-state index in [9.17, 15) is 9.59 Å². The van der Waals surface area contributed by atoms with Gasteiger partial charge in [0, 0.05) is 56.4 Å². The number of carbonyl (C=O) groups is 2. The first-order valence-electron chi connectivity index (χ1n) is 12.4. The molecule has 0 aliphatic carbocycles. The maximum absolute atomic E-state index is 13.2. The molecule has 0 unspecified atom stereocenters. The number of hydrogen-bond acceptors (Lipinski definition) is 7. The molecule has 1 aromatic heterocycles. The van der Waals surface area contributed by atoms with Crippen LogP contribution in [0, 0.1) is 13.8 Å². The van der Waals surface area contributed by atoms with Crippen LogP contribution in [0.15, 0.2) is 40.9 Å². The lowest BCUT2D eigenvalue weighted by Crippen LogP contribution is -2.49. The molecule has 38 heavy (non-hydrogen) atoms. The van der Waals surface area contributed by atoms with E-state index >= 15 is 0 Å². The summed E-state index contributed by atoms with van der Waals surface area (Å²) in [6.45, 7) is 10.5. The molecule has 9 nitrogen and oxygen atoms in total. The fourth-order valence-corrected chi connectivity index (χ4v) is 4.42. The molecule has 0 radical (unpaired) electrons. The number of aryl methyl sites for hydroxylation is 2. The molecule has 2 N–H and O–H groups in total. The van der Waals surface area contributed by atoms with Crippen LogP contribution in [0.4, 0.5) is 5.69 Å². The zero-order valence-electron chi connectivity index (χ0n) is 22.6. The Balaban J connectivity index is 0.00000253. The number of amides is 2. The first kappa shape index (κ1) is 31.4. The van der Waals surface area contributed by atoms with E-state index < -0.39 is 0 Å². The molecule has 0 atom stereocenters. The minimum atomic E-state index is -0.139. The first-order valence-corrected chi connectivity index (χ1v) is 12.4. The van der Waals surface area contributed by atoms with Gasteiger partial charge in [-0.3, -0.25) is 14.6 Å². The second-order valence-electron chi connectivity index (χ2n) is 9.72. The number of rotatable bonds is 10. The highest BCUT2D eigenvalue weighted by atomic mass is 35.5. The maximum atomic E-state index is 13.2. The van der Waals surface area contributed by atoms with Crippen LogP contribution in [0.5, 0.6) is 0 Å². The number of halogens is 2. The summed E-state index contributed by atoms with van der Waals surface area (Å²) in [5, 5.41) is 15.2. The standard InChI is InChI=1S/C27H36N6O3.2ClH/c1-18(2)28-10-11-32(17-27(35)31(5)33-15-21-8-6-7-9-22(21)16-33)26(34)14-29-24-13-25-23(12-19(24)3)20(4)30-36-25;;/h6-9,12-13,18,28-29H,10-11,14-17H2,1-5H3;2*1H. The molecule has 0 fully saturated rings. The molecule has 0 bridgehead atoms. The van der Waals surface area contributed by atoms with Crippen LogP contribution in [0.3, 0.4) is 0 Å². The number of nitrogens with one attached hydrogen (secondary N) is 2. The van der Waals surface area contributed by atoms with Crippen molar-refractivity contribution in [1.82, 2.24) is 25.4 Å². The topological polar surface area (TPSA) is 93.9 Å². The van der Waals surface area contributed by atoms with Crippen LogP contribution in [-0.4, -0.2) is 71.2 Å². The lowest BCUT2D eigenvalue weighted by Gasteiger charge is -2.31. The predicted molar refractivity (Wildman–Crippen MR) is 155 cm³/mol. The number of hydrazine groups is 1. The number of fused-ring (bicyclic) bond motifs is 2. The van der Waals surface area contributed by atoms with Crippen molar-refractivity contribution >= 4 is 53.3 Å². The number of benzene rings is 2. The Morgan fingerprint density at radius 2 is 1.74 bits per heavy atom. The van der Waals surface area contributed by atoms with Crippen LogP contribution in [-0.2, 0) is 22.7 Å². The second kappa shape index (κ2) is 13.8. The minimum absolute atomic E-state index is 0. The van der Waals surface area contributed by atoms with E-state index in [1.165, 1.54) is 11.1 Å². The van der Waals surface area contributed by atoms with E-state index in [1.807, 2.05) is 43.1 Å². The number of aromatic nitrogens is 1. The third kappa shape index (κ3) is 7.38. The molecule has 0 saturated carbocycles. The summed E-state index contributed by atoms with van der Waals surface area (Å²) < 4.78 is 5.38. The van der Waals surface area contributed by atoms with E-state index in [0.717, 1.165) is 22.3 Å². The molecular weight excluding hydrogens is 527 g/mol. The first-order chi connectivity index (χ1) is 17.2. The Morgan fingerprint density at radius 1 is 1.08 bits per heavy atom. The summed E-state index contributed by atoms with van der Waals surface area (Å²) in [5.74, 6) is -0.254. The molecule has 208 valence electrons. The third-order valence-electron chi connectivity index (χ3n) is 6.65. The Hall–Kier alpha value is -2.85. The number of anilines is 1. The largest absolute Gasteiger partial charge is 0.376 e. The van der Waals surface area contributed by atoms with Gasteiger partial charge in [0.05, 0.1) is 12.2 Å². The number of likely N-dealkylation sites (N-methyl/N-ethyl adjacent to an activating group) is 1. The van der Waals surface area contributed by atoms with Gasteiger partial charge in [0.15, 0.2) is 5.58 Å². The lowest BCUT2D eigenvalue weighted by molar-refractivity contribution is -0.151. The zero-order valence-corrected chi connectivity index (χ0v) is 24.2. The number of hydrogen-bond donors (Lipinski definition) is 2. The normalized spacial score (nSPS) is 12.6. The minimum Gasteiger partial charge on any atom is -0.376 e. The average Bonchev–Trinajstić information content (AvgIpc) is 3.44. The highest BCUT2D eigenvalue weighted by molar-refractivity contribution is 5.88. The smallest absolute Gasteiger partial charge is 0.256 e. The van der Waals surface area contributed by atoms with Gasteiger partial charge in [-0.2, -0.15) is 0 Å². The van der Waals surface area contributed by atoms with Gasteiger partial charge in [-0.25, -0.2) is 5.01 Å². The molecule has 0 spiro atoms. The molecule has 1 aliphatic rings. The van der Waals surface area contributed by atoms with E-state index in [1.54, 1.807) is 17.0 Å². The van der Waals surface area contributed by atoms with E-state index in [2.05, 4.69) is 41.8 Å². The quantitative estimate of drug-likeness (QED) is 0.385. The SMILES string of the molecule is Cc1cc2c(C)noc2cc1NCC(=O)N(CCNC(C)C)CC(=O)N(C)N1Cc2ccccc2C1.Cl.Cl. The van der Waals surface area contributed by atoms with Crippen molar-refractivity contribution in [2.75, 3.05) is 38.5 Å². The van der Waals surface area contributed by atoms with Gasteiger partial charge in [0.1, 0.15) is 6.54 Å². The highest BCUT2D eigenvalue weighted by Gasteiger charge is 2.27. The summed E-state index contributed by atoms with van der Waals surface area (Å²) >= 11 is 0. The molecule has 11 heteroatoms. The van der Waals surface area contributed by atoms with Crippen molar-refractivity contribution in [3.63, 3.8) is 0 Å². The second-order valence-corrected chi connectivity index (χ2v) is 9.72. The van der Waals surface area contributed by atoms with E-state index in [-0.39, 0.29) is 49.7 Å². The fourth-order valence-electron chi connectivity index (χ4n) is 4.42.